The van der Waals surface area contributed by atoms with Crippen LogP contribution in [0.25, 0.3) is 16.8 Å². The van der Waals surface area contributed by atoms with Gasteiger partial charge in [0.15, 0.2) is 5.01 Å². The molecule has 2 atom stereocenters. The highest BCUT2D eigenvalue weighted by atomic mass is 79.9. The second kappa shape index (κ2) is 6.92. The molecule has 1 fully saturated rings. The number of nitrogens with one attached hydrogen (secondary N) is 1. The van der Waals surface area contributed by atoms with Crippen LogP contribution >= 0.6 is 27.3 Å². The lowest BCUT2D eigenvalue weighted by Gasteiger charge is -2.36. The fourth-order valence-electron chi connectivity index (χ4n) is 3.31. The summed E-state index contributed by atoms with van der Waals surface area (Å²) in [6.07, 6.45) is 3.99. The quantitative estimate of drug-likeness (QED) is 0.632. The van der Waals surface area contributed by atoms with E-state index in [9.17, 15) is 13.6 Å². The monoisotopic (exact) mass is 455 g/mol. The van der Waals surface area contributed by atoms with Crippen LogP contribution in [-0.4, -0.2) is 38.5 Å². The lowest BCUT2D eigenvalue weighted by molar-refractivity contribution is -0.0674. The van der Waals surface area contributed by atoms with E-state index < -0.39 is 23.9 Å². The molecule has 1 aliphatic carbocycles. The summed E-state index contributed by atoms with van der Waals surface area (Å²) in [6, 6.07) is 3.45. The molecule has 3 N–H and O–H groups in total. The Kier molecular flexibility index (Phi) is 4.73. The van der Waals surface area contributed by atoms with E-state index in [1.807, 2.05) is 18.2 Å². The predicted octanol–water partition coefficient (Wildman–Crippen LogP) is 3.47. The molecular weight excluding hydrogens is 440 g/mol. The van der Waals surface area contributed by atoms with E-state index in [0.29, 0.717) is 22.3 Å². The molecule has 3 aromatic heterocycles. The molecule has 3 heterocycles. The Morgan fingerprint density at radius 2 is 2.26 bits per heavy atom. The zero-order chi connectivity index (χ0) is 19.2. The van der Waals surface area contributed by atoms with Gasteiger partial charge in [-0.3, -0.25) is 4.79 Å². The maximum atomic E-state index is 14.1. The van der Waals surface area contributed by atoms with Crippen LogP contribution < -0.4 is 11.1 Å². The summed E-state index contributed by atoms with van der Waals surface area (Å²) in [5.41, 5.74) is 7.95. The Labute approximate surface area is 165 Å². The van der Waals surface area contributed by atoms with E-state index in [2.05, 4.69) is 31.3 Å². The third-order valence-corrected chi connectivity index (χ3v) is 6.38. The Bertz CT molecular complexity index is 1000. The van der Waals surface area contributed by atoms with Gasteiger partial charge >= 0.3 is 0 Å². The number of thiazole rings is 1. The number of nitrogens with two attached hydrogens (primary N) is 1. The smallest absolute Gasteiger partial charge is 0.280 e. The number of carbonyl (C=O) groups is 1. The molecule has 1 amide bonds. The number of carbonyl (C=O) groups excluding carboxylic acids is 1. The van der Waals surface area contributed by atoms with E-state index in [1.54, 1.807) is 16.9 Å². The first-order valence-corrected chi connectivity index (χ1v) is 10.0. The predicted molar refractivity (Wildman–Crippen MR) is 102 cm³/mol. The van der Waals surface area contributed by atoms with Crippen LogP contribution in [-0.2, 0) is 0 Å². The molecule has 4 rings (SSSR count). The van der Waals surface area contributed by atoms with Gasteiger partial charge in [-0.25, -0.2) is 18.3 Å². The fraction of sp³-hybridized carbons (Fsp3) is 0.353. The molecule has 0 unspecified atom stereocenters. The van der Waals surface area contributed by atoms with E-state index in [1.165, 1.54) is 0 Å². The molecular formula is C17H16BrF2N5OS. The summed E-state index contributed by atoms with van der Waals surface area (Å²) >= 11 is 4.51. The van der Waals surface area contributed by atoms with Crippen LogP contribution in [0.5, 0.6) is 0 Å². The van der Waals surface area contributed by atoms with Gasteiger partial charge < -0.3 is 11.1 Å². The minimum atomic E-state index is -3.02. The zero-order valence-corrected chi connectivity index (χ0v) is 16.4. The molecule has 27 heavy (non-hydrogen) atoms. The SMILES string of the molecule is N[C@@H]1CCCC(F)(F)[C@@H]1NC(=O)c1nc(-c2cnn3ccccc23)c(Br)s1. The van der Waals surface area contributed by atoms with Crippen LogP contribution in [0.15, 0.2) is 34.4 Å². The van der Waals surface area contributed by atoms with Crippen LogP contribution in [0.2, 0.25) is 0 Å². The molecule has 10 heteroatoms. The van der Waals surface area contributed by atoms with Gasteiger partial charge in [0.1, 0.15) is 11.7 Å². The van der Waals surface area contributed by atoms with Crippen molar-refractivity contribution in [1.82, 2.24) is 19.9 Å². The summed E-state index contributed by atoms with van der Waals surface area (Å²) in [5.74, 6) is -3.67. The second-order valence-electron chi connectivity index (χ2n) is 6.50. The number of pyridine rings is 1. The van der Waals surface area contributed by atoms with Crippen molar-refractivity contribution in [2.24, 2.45) is 5.73 Å². The van der Waals surface area contributed by atoms with Gasteiger partial charge in [-0.05, 0) is 40.9 Å². The van der Waals surface area contributed by atoms with Crippen molar-refractivity contribution in [2.75, 3.05) is 0 Å². The minimum absolute atomic E-state index is 0.0979. The summed E-state index contributed by atoms with van der Waals surface area (Å²) < 4.78 is 30.6. The van der Waals surface area contributed by atoms with Crippen molar-refractivity contribution in [3.63, 3.8) is 0 Å². The molecule has 0 aromatic carbocycles. The van der Waals surface area contributed by atoms with Gasteiger partial charge in [0.05, 0.1) is 15.5 Å². The summed E-state index contributed by atoms with van der Waals surface area (Å²) in [5, 5.41) is 6.75. The summed E-state index contributed by atoms with van der Waals surface area (Å²) in [7, 11) is 0. The van der Waals surface area contributed by atoms with E-state index in [4.69, 9.17) is 5.73 Å². The Balaban J connectivity index is 1.62. The number of alkyl halides is 2. The number of halogens is 3. The average molecular weight is 456 g/mol. The number of amides is 1. The first kappa shape index (κ1) is 18.5. The van der Waals surface area contributed by atoms with Gasteiger partial charge in [-0.2, -0.15) is 5.10 Å². The molecule has 3 aromatic rings. The number of nitrogens with zero attached hydrogens (tertiary/aromatic N) is 3. The Morgan fingerprint density at radius 1 is 1.44 bits per heavy atom. The Morgan fingerprint density at radius 3 is 3.04 bits per heavy atom. The minimum Gasteiger partial charge on any atom is -0.340 e. The van der Waals surface area contributed by atoms with Crippen molar-refractivity contribution in [2.45, 2.75) is 37.3 Å². The number of hydrogen-bond donors (Lipinski definition) is 2. The molecule has 1 aliphatic rings. The lowest BCUT2D eigenvalue weighted by atomic mass is 9.87. The van der Waals surface area contributed by atoms with Crippen molar-refractivity contribution in [3.8, 4) is 11.3 Å². The van der Waals surface area contributed by atoms with Crippen molar-refractivity contribution >= 4 is 38.7 Å². The van der Waals surface area contributed by atoms with E-state index >= 15 is 0 Å². The Hall–Kier alpha value is -1.91. The first-order chi connectivity index (χ1) is 12.9. The summed E-state index contributed by atoms with van der Waals surface area (Å²) in [4.78, 5) is 16.9. The molecule has 0 spiro atoms. The highest BCUT2D eigenvalue weighted by molar-refractivity contribution is 9.11. The van der Waals surface area contributed by atoms with Crippen molar-refractivity contribution in [3.05, 3.63) is 39.4 Å². The average Bonchev–Trinajstić information content (AvgIpc) is 3.21. The standard InChI is InChI=1S/C17H16BrF2N5OS/c18-14-12(9-8-22-25-7-2-1-5-11(9)25)23-16(27-14)15(26)24-13-10(21)4-3-6-17(13,19)20/h1-2,5,7-8,10,13H,3-4,6,21H2,(H,24,26)/t10-,13-/m1/s1. The van der Waals surface area contributed by atoms with Gasteiger partial charge in [0.25, 0.3) is 11.8 Å². The molecule has 0 bridgehead atoms. The van der Waals surface area contributed by atoms with Crippen LogP contribution in [0.3, 0.4) is 0 Å². The second-order valence-corrected chi connectivity index (χ2v) is 8.82. The van der Waals surface area contributed by atoms with Crippen molar-refractivity contribution < 1.29 is 13.6 Å². The third kappa shape index (κ3) is 3.37. The molecule has 0 aliphatic heterocycles. The zero-order valence-electron chi connectivity index (χ0n) is 14.0. The highest BCUT2D eigenvalue weighted by Gasteiger charge is 2.46. The summed E-state index contributed by atoms with van der Waals surface area (Å²) in [6.45, 7) is 0. The molecule has 0 radical (unpaired) electrons. The van der Waals surface area contributed by atoms with E-state index in [-0.39, 0.29) is 11.4 Å². The van der Waals surface area contributed by atoms with E-state index in [0.717, 1.165) is 22.4 Å². The first-order valence-electron chi connectivity index (χ1n) is 8.40. The number of fused-ring (bicyclic) bond motifs is 1. The molecule has 0 saturated heterocycles. The third-order valence-electron chi connectivity index (χ3n) is 4.68. The van der Waals surface area contributed by atoms with Gasteiger partial charge in [0, 0.05) is 24.2 Å². The van der Waals surface area contributed by atoms with Gasteiger partial charge in [-0.15, -0.1) is 11.3 Å². The normalized spacial score (nSPS) is 22.1. The number of hydrogen-bond acceptors (Lipinski definition) is 5. The topological polar surface area (TPSA) is 85.3 Å². The number of aromatic nitrogens is 3. The number of rotatable bonds is 3. The molecule has 1 saturated carbocycles. The van der Waals surface area contributed by atoms with Gasteiger partial charge in [0.2, 0.25) is 0 Å². The lowest BCUT2D eigenvalue weighted by Crippen LogP contribution is -2.59. The highest BCUT2D eigenvalue weighted by Crippen LogP contribution is 2.36. The van der Waals surface area contributed by atoms with Crippen molar-refractivity contribution in [1.29, 1.82) is 0 Å². The molecule has 142 valence electrons. The largest absolute Gasteiger partial charge is 0.340 e. The molecule has 6 nitrogen and oxygen atoms in total. The maximum absolute atomic E-state index is 14.1. The fourth-order valence-corrected chi connectivity index (χ4v) is 4.78. The maximum Gasteiger partial charge on any atom is 0.280 e. The van der Waals surface area contributed by atoms with Gasteiger partial charge in [-0.1, -0.05) is 6.07 Å². The van der Waals surface area contributed by atoms with Crippen LogP contribution in [0, 0.1) is 0 Å². The van der Waals surface area contributed by atoms with Crippen LogP contribution in [0.1, 0.15) is 29.1 Å². The van der Waals surface area contributed by atoms with Crippen LogP contribution in [0.4, 0.5) is 8.78 Å².